The lowest BCUT2D eigenvalue weighted by molar-refractivity contribution is 0.0935. The summed E-state index contributed by atoms with van der Waals surface area (Å²) in [7, 11) is 0. The first-order valence-corrected chi connectivity index (χ1v) is 8.90. The van der Waals surface area contributed by atoms with Crippen LogP contribution in [0.15, 0.2) is 53.3 Å². The van der Waals surface area contributed by atoms with Crippen molar-refractivity contribution in [3.05, 3.63) is 64.5 Å². The van der Waals surface area contributed by atoms with Crippen molar-refractivity contribution in [2.24, 2.45) is 0 Å². The fourth-order valence-corrected chi connectivity index (χ4v) is 3.64. The lowest BCUT2D eigenvalue weighted by atomic mass is 10.2. The predicted octanol–water partition coefficient (Wildman–Crippen LogP) is 2.78. The second-order valence-corrected chi connectivity index (χ2v) is 7.10. The molecule has 5 nitrogen and oxygen atoms in total. The molecule has 2 aliphatic heterocycles. The van der Waals surface area contributed by atoms with Gasteiger partial charge in [-0.1, -0.05) is 15.9 Å². The number of aromatic nitrogens is 1. The van der Waals surface area contributed by atoms with Gasteiger partial charge in [-0.2, -0.15) is 0 Å². The Labute approximate surface area is 149 Å². The van der Waals surface area contributed by atoms with E-state index in [0.29, 0.717) is 5.56 Å². The lowest BCUT2D eigenvalue weighted by Crippen LogP contribution is -2.41. The van der Waals surface area contributed by atoms with E-state index in [1.807, 2.05) is 36.7 Å². The summed E-state index contributed by atoms with van der Waals surface area (Å²) < 4.78 is 3.11. The molecule has 2 aromatic rings. The molecule has 6 heteroatoms. The minimum absolute atomic E-state index is 0.00535. The molecule has 0 bridgehead atoms. The van der Waals surface area contributed by atoms with Crippen LogP contribution in [0.5, 0.6) is 0 Å². The van der Waals surface area contributed by atoms with E-state index in [-0.39, 0.29) is 18.1 Å². The van der Waals surface area contributed by atoms with Gasteiger partial charge in [0.1, 0.15) is 6.17 Å². The normalized spacial score (nSPS) is 22.9. The summed E-state index contributed by atoms with van der Waals surface area (Å²) >= 11 is 3.39. The van der Waals surface area contributed by atoms with Gasteiger partial charge in [-0.3, -0.25) is 9.69 Å². The maximum atomic E-state index is 12.4. The van der Waals surface area contributed by atoms with Gasteiger partial charge in [-0.05, 0) is 42.8 Å². The van der Waals surface area contributed by atoms with Crippen LogP contribution in [0.2, 0.25) is 0 Å². The number of rotatable bonds is 3. The van der Waals surface area contributed by atoms with Crippen molar-refractivity contribution in [3.8, 4) is 0 Å². The number of carbonyl (C=O) groups excluding carboxylic acids is 1. The van der Waals surface area contributed by atoms with E-state index in [9.17, 15) is 4.79 Å². The highest BCUT2D eigenvalue weighted by molar-refractivity contribution is 9.10. The quantitative estimate of drug-likeness (QED) is 0.852. The number of hydrogen-bond donors (Lipinski definition) is 2. The van der Waals surface area contributed by atoms with Crippen molar-refractivity contribution in [1.82, 2.24) is 20.1 Å². The molecule has 2 N–H and O–H groups in total. The first-order valence-electron chi connectivity index (χ1n) is 8.11. The van der Waals surface area contributed by atoms with E-state index < -0.39 is 0 Å². The minimum atomic E-state index is -0.00535. The van der Waals surface area contributed by atoms with Crippen molar-refractivity contribution in [2.75, 3.05) is 13.1 Å². The molecule has 1 amide bonds. The van der Waals surface area contributed by atoms with Gasteiger partial charge in [0.05, 0.1) is 5.69 Å². The third-order valence-corrected chi connectivity index (χ3v) is 5.14. The molecule has 0 aliphatic carbocycles. The smallest absolute Gasteiger partial charge is 0.251 e. The fraction of sp³-hybridized carbons (Fsp3) is 0.278. The summed E-state index contributed by atoms with van der Waals surface area (Å²) in [5.74, 6) is -0.00535. The summed E-state index contributed by atoms with van der Waals surface area (Å²) in [5.41, 5.74) is 1.93. The highest BCUT2D eigenvalue weighted by Gasteiger charge is 2.31. The van der Waals surface area contributed by atoms with Crippen molar-refractivity contribution in [3.63, 3.8) is 0 Å². The summed E-state index contributed by atoms with van der Waals surface area (Å²) in [4.78, 5) is 14.8. The molecule has 124 valence electrons. The Morgan fingerprint density at radius 3 is 2.92 bits per heavy atom. The first-order chi connectivity index (χ1) is 11.7. The number of hydrogen-bond acceptors (Lipinski definition) is 3. The van der Waals surface area contributed by atoms with Crippen LogP contribution in [0.1, 0.15) is 28.6 Å². The standard InChI is InChI=1S/C18H19BrN4O/c19-14-5-3-13(4-6-14)18(24)21-15-7-10-23(12-15)17-16-2-1-9-22(16)11-8-20-17/h1-6,8-9,11,15,17,20H,7,10,12H2,(H,21,24). The second kappa shape index (κ2) is 6.45. The van der Waals surface area contributed by atoms with Crippen molar-refractivity contribution < 1.29 is 4.79 Å². The molecule has 24 heavy (non-hydrogen) atoms. The van der Waals surface area contributed by atoms with Crippen LogP contribution in [0.3, 0.4) is 0 Å². The van der Waals surface area contributed by atoms with Crippen LogP contribution in [-0.4, -0.2) is 34.5 Å². The molecule has 2 unspecified atom stereocenters. The van der Waals surface area contributed by atoms with Gasteiger partial charge in [0.2, 0.25) is 0 Å². The average molecular weight is 387 g/mol. The number of halogens is 1. The number of amides is 1. The Bertz CT molecular complexity index is 768. The molecule has 1 saturated heterocycles. The van der Waals surface area contributed by atoms with Gasteiger partial charge < -0.3 is 15.2 Å². The topological polar surface area (TPSA) is 49.3 Å². The fourth-order valence-electron chi connectivity index (χ4n) is 3.38. The number of benzene rings is 1. The molecular formula is C18H19BrN4O. The van der Waals surface area contributed by atoms with E-state index in [1.54, 1.807) is 0 Å². The van der Waals surface area contributed by atoms with Gasteiger partial charge in [0.15, 0.2) is 0 Å². The van der Waals surface area contributed by atoms with Crippen LogP contribution in [-0.2, 0) is 0 Å². The summed E-state index contributed by atoms with van der Waals surface area (Å²) in [5, 5.41) is 6.57. The van der Waals surface area contributed by atoms with Gasteiger partial charge in [-0.15, -0.1) is 0 Å². The van der Waals surface area contributed by atoms with E-state index in [1.165, 1.54) is 5.69 Å². The highest BCUT2D eigenvalue weighted by Crippen LogP contribution is 2.26. The molecule has 0 radical (unpaired) electrons. The van der Waals surface area contributed by atoms with Crippen LogP contribution < -0.4 is 10.6 Å². The zero-order chi connectivity index (χ0) is 16.5. The van der Waals surface area contributed by atoms with E-state index in [2.05, 4.69) is 54.4 Å². The third-order valence-electron chi connectivity index (χ3n) is 4.61. The Morgan fingerprint density at radius 1 is 1.25 bits per heavy atom. The van der Waals surface area contributed by atoms with Crippen molar-refractivity contribution >= 4 is 28.0 Å². The lowest BCUT2D eigenvalue weighted by Gasteiger charge is -2.31. The zero-order valence-corrected chi connectivity index (χ0v) is 14.7. The Hall–Kier alpha value is -2.05. The molecule has 1 aromatic carbocycles. The number of nitrogens with one attached hydrogen (secondary N) is 2. The molecule has 1 fully saturated rings. The van der Waals surface area contributed by atoms with Gasteiger partial charge in [-0.25, -0.2) is 0 Å². The third kappa shape index (κ3) is 2.99. The predicted molar refractivity (Wildman–Crippen MR) is 97.2 cm³/mol. The van der Waals surface area contributed by atoms with Gasteiger partial charge in [0.25, 0.3) is 5.91 Å². The van der Waals surface area contributed by atoms with E-state index >= 15 is 0 Å². The maximum Gasteiger partial charge on any atom is 0.251 e. The molecule has 1 aromatic heterocycles. The summed E-state index contributed by atoms with van der Waals surface area (Å²) in [6, 6.07) is 11.8. The average Bonchev–Trinajstić information content (AvgIpc) is 3.24. The molecule has 4 rings (SSSR count). The van der Waals surface area contributed by atoms with Crippen LogP contribution in [0.25, 0.3) is 6.20 Å². The largest absolute Gasteiger partial charge is 0.369 e. The SMILES string of the molecule is O=C(NC1CCN(C2NC=Cn3cccc32)C1)c1ccc(Br)cc1. The molecule has 0 saturated carbocycles. The zero-order valence-electron chi connectivity index (χ0n) is 13.2. The number of fused-ring (bicyclic) bond motifs is 1. The summed E-state index contributed by atoms with van der Waals surface area (Å²) in [6.45, 7) is 1.81. The number of nitrogens with zero attached hydrogens (tertiary/aromatic N) is 2. The van der Waals surface area contributed by atoms with Gasteiger partial charge in [0, 0.05) is 47.8 Å². The molecule has 2 aliphatic rings. The van der Waals surface area contributed by atoms with E-state index in [0.717, 1.165) is 24.0 Å². The van der Waals surface area contributed by atoms with Crippen LogP contribution in [0.4, 0.5) is 0 Å². The summed E-state index contributed by atoms with van der Waals surface area (Å²) in [6.07, 6.45) is 7.19. The molecule has 2 atom stereocenters. The van der Waals surface area contributed by atoms with E-state index in [4.69, 9.17) is 0 Å². The first kappa shape index (κ1) is 15.5. The van der Waals surface area contributed by atoms with Crippen LogP contribution >= 0.6 is 15.9 Å². The monoisotopic (exact) mass is 386 g/mol. The molecule has 0 spiro atoms. The Balaban J connectivity index is 1.39. The number of carbonyl (C=O) groups is 1. The van der Waals surface area contributed by atoms with Crippen molar-refractivity contribution in [1.29, 1.82) is 0 Å². The van der Waals surface area contributed by atoms with Crippen molar-refractivity contribution in [2.45, 2.75) is 18.6 Å². The maximum absolute atomic E-state index is 12.4. The van der Waals surface area contributed by atoms with Gasteiger partial charge >= 0.3 is 0 Å². The minimum Gasteiger partial charge on any atom is -0.369 e. The number of likely N-dealkylation sites (tertiary alicyclic amines) is 1. The highest BCUT2D eigenvalue weighted by atomic mass is 79.9. The van der Waals surface area contributed by atoms with Crippen LogP contribution in [0, 0.1) is 0 Å². The molecular weight excluding hydrogens is 368 g/mol. The molecule has 3 heterocycles. The second-order valence-electron chi connectivity index (χ2n) is 6.19. The Morgan fingerprint density at radius 2 is 2.08 bits per heavy atom. The Kier molecular flexibility index (Phi) is 4.16.